The summed E-state index contributed by atoms with van der Waals surface area (Å²) in [4.78, 5) is 42.8. The highest BCUT2D eigenvalue weighted by atomic mass is 31.2. The van der Waals surface area contributed by atoms with Crippen molar-refractivity contribution < 1.29 is 53.3 Å². The van der Waals surface area contributed by atoms with Crippen molar-refractivity contribution in [2.24, 2.45) is 17.8 Å². The molecule has 1 fully saturated rings. The van der Waals surface area contributed by atoms with Crippen LogP contribution < -0.4 is 0 Å². The van der Waals surface area contributed by atoms with E-state index < -0.39 is 57.4 Å². The lowest BCUT2D eigenvalue weighted by molar-refractivity contribution is -0.160. The summed E-state index contributed by atoms with van der Waals surface area (Å²) in [6.45, 7) is 5.51. The van der Waals surface area contributed by atoms with E-state index in [1.807, 2.05) is 0 Å². The molecule has 0 bridgehead atoms. The molecule has 0 aromatic rings. The van der Waals surface area contributed by atoms with E-state index >= 15 is 0 Å². The lowest BCUT2D eigenvalue weighted by Gasteiger charge is -2.20. The summed E-state index contributed by atoms with van der Waals surface area (Å²) in [7, 11) is -4.84. The second-order valence-corrected chi connectivity index (χ2v) is 14.2. The number of esters is 2. The first-order valence-corrected chi connectivity index (χ1v) is 18.8. The third kappa shape index (κ3) is 21.3. The van der Waals surface area contributed by atoms with Crippen LogP contribution in [0.2, 0.25) is 0 Å². The molecule has 0 aliphatic heterocycles. The normalized spacial score (nSPS) is 21.8. The minimum absolute atomic E-state index is 0.167. The number of hydrogen-bond acceptors (Lipinski definition) is 9. The molecule has 0 unspecified atom stereocenters. The molecule has 11 nitrogen and oxygen atoms in total. The fraction of sp³-hybridized carbons (Fsp3) is 0.824. The molecule has 0 spiro atoms. The van der Waals surface area contributed by atoms with Gasteiger partial charge >= 0.3 is 19.8 Å². The zero-order valence-electron chi connectivity index (χ0n) is 28.2. The van der Waals surface area contributed by atoms with Crippen LogP contribution in [0.4, 0.5) is 0 Å². The SMILES string of the molecule is CCCCC[C@@H](O)/C=C/[C@@H]1[C@H](C/C=C\CC(=O)O[C@H](COC(=O)CCCCCCCCCC(C)C)COP(=O)(O)O)[C@@H](O)C[C@H]1O. The van der Waals surface area contributed by atoms with Gasteiger partial charge < -0.3 is 34.6 Å². The Morgan fingerprint density at radius 2 is 1.52 bits per heavy atom. The molecule has 268 valence electrons. The van der Waals surface area contributed by atoms with E-state index in [-0.39, 0.29) is 31.1 Å². The molecule has 46 heavy (non-hydrogen) atoms. The minimum atomic E-state index is -4.84. The van der Waals surface area contributed by atoms with E-state index in [0.29, 0.717) is 19.3 Å². The Bertz CT molecular complexity index is 932. The second kappa shape index (κ2) is 24.5. The number of aliphatic hydroxyl groups excluding tert-OH is 3. The number of phosphoric ester groups is 1. The van der Waals surface area contributed by atoms with Crippen LogP contribution in [-0.2, 0) is 28.2 Å². The number of carbonyl (C=O) groups is 2. The van der Waals surface area contributed by atoms with Gasteiger partial charge in [-0.05, 0) is 31.1 Å². The molecule has 0 amide bonds. The highest BCUT2D eigenvalue weighted by Crippen LogP contribution is 2.37. The molecule has 1 rings (SSSR count). The van der Waals surface area contributed by atoms with Gasteiger partial charge in [-0.15, -0.1) is 0 Å². The van der Waals surface area contributed by atoms with Crippen molar-refractivity contribution in [1.82, 2.24) is 0 Å². The smallest absolute Gasteiger partial charge is 0.462 e. The molecule has 0 heterocycles. The van der Waals surface area contributed by atoms with Gasteiger partial charge in [0.15, 0.2) is 6.10 Å². The standard InChI is InChI=1S/C34H61O11P/c1-4-5-11-17-27(35)21-22-30-29(31(36)23-32(30)37)18-14-15-20-34(39)45-28(25-44-46(40,41)42)24-43-33(38)19-13-10-8-6-7-9-12-16-26(2)3/h14-15,21-22,26-32,35-37H,4-13,16-20,23-25H2,1-3H3,(H2,40,41,42)/b15-14-,22-21+/t27-,28-,29+,30-,31+,32-/m1/s1. The zero-order chi connectivity index (χ0) is 34.4. The van der Waals surface area contributed by atoms with Crippen LogP contribution in [0.15, 0.2) is 24.3 Å². The lowest BCUT2D eigenvalue weighted by atomic mass is 9.89. The van der Waals surface area contributed by atoms with Gasteiger partial charge in [-0.3, -0.25) is 14.1 Å². The topological polar surface area (TPSA) is 180 Å². The predicted octanol–water partition coefficient (Wildman–Crippen LogP) is 5.91. The van der Waals surface area contributed by atoms with E-state index in [2.05, 4.69) is 25.3 Å². The number of unbranched alkanes of at least 4 members (excludes halogenated alkanes) is 8. The summed E-state index contributed by atoms with van der Waals surface area (Å²) >= 11 is 0. The Balaban J connectivity index is 2.48. The molecule has 1 saturated carbocycles. The van der Waals surface area contributed by atoms with Crippen LogP contribution in [0.5, 0.6) is 0 Å². The Morgan fingerprint density at radius 1 is 0.870 bits per heavy atom. The Hall–Kier alpha value is -1.59. The van der Waals surface area contributed by atoms with Gasteiger partial charge in [0, 0.05) is 18.8 Å². The first-order chi connectivity index (χ1) is 21.8. The zero-order valence-corrected chi connectivity index (χ0v) is 29.1. The first kappa shape index (κ1) is 42.4. The maximum absolute atomic E-state index is 12.5. The molecule has 12 heteroatoms. The number of phosphoric acid groups is 1. The monoisotopic (exact) mass is 676 g/mol. The third-order valence-electron chi connectivity index (χ3n) is 8.25. The summed E-state index contributed by atoms with van der Waals surface area (Å²) in [6, 6.07) is 0. The van der Waals surface area contributed by atoms with Gasteiger partial charge in [0.25, 0.3) is 0 Å². The molecular formula is C34H61O11P. The molecule has 0 aromatic carbocycles. The summed E-state index contributed by atoms with van der Waals surface area (Å²) in [5.41, 5.74) is 0. The predicted molar refractivity (Wildman–Crippen MR) is 176 cm³/mol. The average molecular weight is 677 g/mol. The molecule has 1 aliphatic carbocycles. The second-order valence-electron chi connectivity index (χ2n) is 13.0. The van der Waals surface area contributed by atoms with Crippen molar-refractivity contribution in [3.8, 4) is 0 Å². The number of aliphatic hydroxyl groups is 3. The molecule has 0 aromatic heterocycles. The van der Waals surface area contributed by atoms with Crippen LogP contribution in [0.1, 0.15) is 124 Å². The molecule has 6 atom stereocenters. The fourth-order valence-corrected chi connectivity index (χ4v) is 5.95. The Labute approximate surface area is 276 Å². The van der Waals surface area contributed by atoms with E-state index in [1.165, 1.54) is 25.7 Å². The van der Waals surface area contributed by atoms with Crippen molar-refractivity contribution in [3.63, 3.8) is 0 Å². The summed E-state index contributed by atoms with van der Waals surface area (Å²) in [5.74, 6) is -1.09. The van der Waals surface area contributed by atoms with E-state index in [9.17, 15) is 29.5 Å². The van der Waals surface area contributed by atoms with Crippen molar-refractivity contribution in [2.45, 2.75) is 148 Å². The molecule has 0 saturated heterocycles. The van der Waals surface area contributed by atoms with Crippen LogP contribution in [-0.4, -0.2) is 74.7 Å². The lowest BCUT2D eigenvalue weighted by Crippen LogP contribution is -2.29. The van der Waals surface area contributed by atoms with E-state index in [0.717, 1.165) is 44.4 Å². The highest BCUT2D eigenvalue weighted by molar-refractivity contribution is 7.46. The van der Waals surface area contributed by atoms with Crippen molar-refractivity contribution >= 4 is 19.8 Å². The molecular weight excluding hydrogens is 615 g/mol. The summed E-state index contributed by atoms with van der Waals surface area (Å²) in [5, 5.41) is 31.1. The number of ether oxygens (including phenoxy) is 2. The average Bonchev–Trinajstić information content (AvgIpc) is 3.25. The first-order valence-electron chi connectivity index (χ1n) is 17.2. The van der Waals surface area contributed by atoms with Crippen molar-refractivity contribution in [2.75, 3.05) is 13.2 Å². The highest BCUT2D eigenvalue weighted by Gasteiger charge is 2.39. The molecule has 0 radical (unpaired) electrons. The number of rotatable bonds is 26. The van der Waals surface area contributed by atoms with Gasteiger partial charge in [-0.1, -0.05) is 109 Å². The van der Waals surface area contributed by atoms with Crippen molar-refractivity contribution in [3.05, 3.63) is 24.3 Å². The van der Waals surface area contributed by atoms with Crippen LogP contribution in [0.25, 0.3) is 0 Å². The van der Waals surface area contributed by atoms with E-state index in [4.69, 9.17) is 19.3 Å². The van der Waals surface area contributed by atoms with Gasteiger partial charge in [0.2, 0.25) is 0 Å². The third-order valence-corrected chi connectivity index (χ3v) is 8.74. The largest absolute Gasteiger partial charge is 0.469 e. The minimum Gasteiger partial charge on any atom is -0.462 e. The van der Waals surface area contributed by atoms with Gasteiger partial charge in [-0.25, -0.2) is 4.57 Å². The number of hydrogen-bond donors (Lipinski definition) is 5. The summed E-state index contributed by atoms with van der Waals surface area (Å²) < 4.78 is 26.2. The van der Waals surface area contributed by atoms with Gasteiger partial charge in [0.05, 0.1) is 31.3 Å². The van der Waals surface area contributed by atoms with Crippen LogP contribution in [0, 0.1) is 17.8 Å². The van der Waals surface area contributed by atoms with Gasteiger partial charge in [0.1, 0.15) is 6.61 Å². The maximum atomic E-state index is 12.5. The fourth-order valence-electron chi connectivity index (χ4n) is 5.59. The van der Waals surface area contributed by atoms with Crippen molar-refractivity contribution in [1.29, 1.82) is 0 Å². The maximum Gasteiger partial charge on any atom is 0.469 e. The summed E-state index contributed by atoms with van der Waals surface area (Å²) in [6.07, 6.45) is 16.4. The van der Waals surface area contributed by atoms with Crippen LogP contribution in [0.3, 0.4) is 0 Å². The number of carbonyl (C=O) groups excluding carboxylic acids is 2. The quantitative estimate of drug-likeness (QED) is 0.0318. The van der Waals surface area contributed by atoms with Crippen LogP contribution >= 0.6 is 7.82 Å². The van der Waals surface area contributed by atoms with Gasteiger partial charge in [-0.2, -0.15) is 0 Å². The molecule has 5 N–H and O–H groups in total. The number of allylic oxidation sites excluding steroid dienone is 1. The van der Waals surface area contributed by atoms with E-state index in [1.54, 1.807) is 24.3 Å². The molecule has 1 aliphatic rings. The Morgan fingerprint density at radius 3 is 2.17 bits per heavy atom. The Kier molecular flexibility index (Phi) is 22.6.